The number of carbonyl (C=O) groups excluding carboxylic acids is 1. The van der Waals surface area contributed by atoms with E-state index in [4.69, 9.17) is 16.3 Å². The van der Waals surface area contributed by atoms with Crippen molar-refractivity contribution in [3.8, 4) is 5.75 Å². The summed E-state index contributed by atoms with van der Waals surface area (Å²) < 4.78 is 19.2. The predicted octanol–water partition coefficient (Wildman–Crippen LogP) is 4.13. The van der Waals surface area contributed by atoms with E-state index in [1.165, 1.54) is 18.2 Å². The van der Waals surface area contributed by atoms with Gasteiger partial charge in [-0.05, 0) is 61.7 Å². The fraction of sp³-hybridized carbons (Fsp3) is 0.400. The van der Waals surface area contributed by atoms with E-state index in [2.05, 4.69) is 39.8 Å². The maximum atomic E-state index is 13.3. The second kappa shape index (κ2) is 10.9. The number of nitrogens with zero attached hydrogens (tertiary/aromatic N) is 1. The summed E-state index contributed by atoms with van der Waals surface area (Å²) >= 11 is 5.78. The number of carbonyl (C=O) groups is 1. The highest BCUT2D eigenvalue weighted by Crippen LogP contribution is 2.18. The van der Waals surface area contributed by atoms with Gasteiger partial charge in [-0.2, -0.15) is 0 Å². The molecule has 0 aromatic heterocycles. The van der Waals surface area contributed by atoms with Gasteiger partial charge in [0.1, 0.15) is 17.7 Å². The number of nitrogens with one attached hydrogen (secondary N) is 2. The lowest BCUT2D eigenvalue weighted by Gasteiger charge is -2.31. The third kappa shape index (κ3) is 6.31. The van der Waals surface area contributed by atoms with Gasteiger partial charge >= 0.3 is 0 Å². The molecule has 0 spiro atoms. The molecular weight excluding hydrogens is 429 g/mol. The van der Waals surface area contributed by atoms with Crippen molar-refractivity contribution < 1.29 is 13.9 Å². The van der Waals surface area contributed by atoms with Gasteiger partial charge in [0, 0.05) is 37.8 Å². The lowest BCUT2D eigenvalue weighted by Crippen LogP contribution is -2.44. The minimum absolute atomic E-state index is 0.0347. The zero-order chi connectivity index (χ0) is 22.3. The van der Waals surface area contributed by atoms with E-state index in [0.717, 1.165) is 63.3 Å². The lowest BCUT2D eigenvalue weighted by atomic mass is 10.0. The summed E-state index contributed by atoms with van der Waals surface area (Å²) in [7, 11) is 0. The molecule has 0 aliphatic carbocycles. The van der Waals surface area contributed by atoms with Gasteiger partial charge in [0.05, 0.1) is 5.02 Å². The Morgan fingerprint density at radius 2 is 1.97 bits per heavy atom. The maximum Gasteiger partial charge on any atom is 0.251 e. The first kappa shape index (κ1) is 22.8. The molecular formula is C25H29ClFN3O2. The highest BCUT2D eigenvalue weighted by atomic mass is 35.5. The molecule has 1 amide bonds. The topological polar surface area (TPSA) is 53.6 Å². The third-order valence-electron chi connectivity index (χ3n) is 5.98. The molecule has 0 radical (unpaired) electrons. The molecule has 5 nitrogen and oxygen atoms in total. The molecule has 4 rings (SSSR count). The fourth-order valence-corrected chi connectivity index (χ4v) is 4.26. The van der Waals surface area contributed by atoms with Gasteiger partial charge in [-0.15, -0.1) is 0 Å². The van der Waals surface area contributed by atoms with Crippen LogP contribution in [0.4, 0.5) is 4.39 Å². The number of piperidine rings is 1. The second-order valence-electron chi connectivity index (χ2n) is 8.38. The van der Waals surface area contributed by atoms with E-state index in [9.17, 15) is 9.18 Å². The van der Waals surface area contributed by atoms with Crippen LogP contribution in [0.2, 0.25) is 5.02 Å². The molecule has 0 bridgehead atoms. The molecule has 2 aromatic carbocycles. The van der Waals surface area contributed by atoms with Gasteiger partial charge in [-0.1, -0.05) is 35.9 Å². The Kier molecular flexibility index (Phi) is 7.79. The molecule has 2 aliphatic rings. The standard InChI is InChI=1S/C25H29ClFN3O2/c26-23-16-19(5-8-24(23)27)25(31)29-20-10-14-30(15-11-20)13-1-2-18-3-6-21(7-4-18)32-22-9-12-28-17-22/h1-8,16,20,22,28H,9-15,17H2,(H,29,31)/b2-1+/t22-/m0/s1. The van der Waals surface area contributed by atoms with Crippen LogP contribution in [0.1, 0.15) is 35.2 Å². The van der Waals surface area contributed by atoms with E-state index >= 15 is 0 Å². The van der Waals surface area contributed by atoms with Crippen molar-refractivity contribution in [1.82, 2.24) is 15.5 Å². The molecule has 0 saturated carbocycles. The van der Waals surface area contributed by atoms with Crippen molar-refractivity contribution in [1.29, 1.82) is 0 Å². The zero-order valence-corrected chi connectivity index (χ0v) is 18.8. The Hall–Kier alpha value is -2.41. The Morgan fingerprint density at radius 3 is 2.66 bits per heavy atom. The van der Waals surface area contributed by atoms with E-state index in [-0.39, 0.29) is 23.1 Å². The van der Waals surface area contributed by atoms with Gasteiger partial charge < -0.3 is 15.4 Å². The van der Waals surface area contributed by atoms with E-state index in [1.807, 2.05) is 12.1 Å². The number of likely N-dealkylation sites (tertiary alicyclic amines) is 1. The SMILES string of the molecule is O=C(NC1CCN(C/C=C/c2ccc(O[C@H]3CCNC3)cc2)CC1)c1ccc(F)c(Cl)c1. The molecule has 2 fully saturated rings. The average molecular weight is 458 g/mol. The molecule has 32 heavy (non-hydrogen) atoms. The van der Waals surface area contributed by atoms with Gasteiger partial charge in [0.2, 0.25) is 0 Å². The molecule has 170 valence electrons. The number of hydrogen-bond donors (Lipinski definition) is 2. The maximum absolute atomic E-state index is 13.3. The van der Waals surface area contributed by atoms with Gasteiger partial charge in [-0.25, -0.2) is 4.39 Å². The number of rotatable bonds is 7. The third-order valence-corrected chi connectivity index (χ3v) is 6.27. The Labute approximate surface area is 193 Å². The van der Waals surface area contributed by atoms with Crippen LogP contribution in [0.15, 0.2) is 48.5 Å². The number of halogens is 2. The highest BCUT2D eigenvalue weighted by molar-refractivity contribution is 6.31. The molecule has 2 heterocycles. The molecule has 2 N–H and O–H groups in total. The molecule has 1 atom stereocenters. The van der Waals surface area contributed by atoms with Crippen molar-refractivity contribution in [3.05, 3.63) is 70.5 Å². The minimum atomic E-state index is -0.518. The van der Waals surface area contributed by atoms with Crippen LogP contribution in [-0.2, 0) is 0 Å². The first-order valence-electron chi connectivity index (χ1n) is 11.2. The highest BCUT2D eigenvalue weighted by Gasteiger charge is 2.21. The summed E-state index contributed by atoms with van der Waals surface area (Å²) in [6.07, 6.45) is 7.41. The first-order valence-corrected chi connectivity index (χ1v) is 11.6. The van der Waals surface area contributed by atoms with E-state index in [1.54, 1.807) is 0 Å². The summed E-state index contributed by atoms with van der Waals surface area (Å²) in [5, 5.41) is 6.31. The minimum Gasteiger partial charge on any atom is -0.489 e. The fourth-order valence-electron chi connectivity index (χ4n) is 4.08. The zero-order valence-electron chi connectivity index (χ0n) is 18.0. The summed E-state index contributed by atoms with van der Waals surface area (Å²) in [5.74, 6) is 0.195. The van der Waals surface area contributed by atoms with Crippen LogP contribution in [0, 0.1) is 5.82 Å². The lowest BCUT2D eigenvalue weighted by molar-refractivity contribution is 0.0914. The molecule has 2 saturated heterocycles. The van der Waals surface area contributed by atoms with Crippen molar-refractivity contribution in [2.24, 2.45) is 0 Å². The number of ether oxygens (including phenoxy) is 1. The summed E-state index contributed by atoms with van der Waals surface area (Å²) in [6, 6.07) is 12.4. The number of benzene rings is 2. The van der Waals surface area contributed by atoms with E-state index in [0.29, 0.717) is 5.56 Å². The molecule has 2 aliphatic heterocycles. The summed E-state index contributed by atoms with van der Waals surface area (Å²) in [5.41, 5.74) is 1.54. The average Bonchev–Trinajstić information content (AvgIpc) is 3.31. The quantitative estimate of drug-likeness (QED) is 0.656. The second-order valence-corrected chi connectivity index (χ2v) is 8.79. The smallest absolute Gasteiger partial charge is 0.251 e. The van der Waals surface area contributed by atoms with Gasteiger partial charge in [-0.3, -0.25) is 9.69 Å². The van der Waals surface area contributed by atoms with Crippen LogP contribution >= 0.6 is 11.6 Å². The monoisotopic (exact) mass is 457 g/mol. The van der Waals surface area contributed by atoms with Crippen LogP contribution < -0.4 is 15.4 Å². The van der Waals surface area contributed by atoms with E-state index < -0.39 is 5.82 Å². The van der Waals surface area contributed by atoms with Crippen LogP contribution in [0.3, 0.4) is 0 Å². The summed E-state index contributed by atoms with van der Waals surface area (Å²) in [6.45, 7) is 4.66. The number of amides is 1. The van der Waals surface area contributed by atoms with Crippen molar-refractivity contribution in [3.63, 3.8) is 0 Å². The van der Waals surface area contributed by atoms with Crippen LogP contribution in [0.25, 0.3) is 6.08 Å². The Morgan fingerprint density at radius 1 is 1.19 bits per heavy atom. The van der Waals surface area contributed by atoms with Gasteiger partial charge in [0.25, 0.3) is 5.91 Å². The summed E-state index contributed by atoms with van der Waals surface area (Å²) in [4.78, 5) is 14.8. The first-order chi connectivity index (χ1) is 15.6. The normalized spacial score (nSPS) is 20.0. The van der Waals surface area contributed by atoms with Crippen LogP contribution in [-0.4, -0.2) is 55.7 Å². The van der Waals surface area contributed by atoms with Crippen molar-refractivity contribution in [2.45, 2.75) is 31.4 Å². The Bertz CT molecular complexity index is 937. The Balaban J connectivity index is 1.18. The number of hydrogen-bond acceptors (Lipinski definition) is 4. The largest absolute Gasteiger partial charge is 0.489 e. The van der Waals surface area contributed by atoms with Crippen LogP contribution in [0.5, 0.6) is 5.75 Å². The molecule has 7 heteroatoms. The molecule has 0 unspecified atom stereocenters. The van der Waals surface area contributed by atoms with Crippen molar-refractivity contribution >= 4 is 23.6 Å². The predicted molar refractivity (Wildman–Crippen MR) is 126 cm³/mol. The van der Waals surface area contributed by atoms with Gasteiger partial charge in [0.15, 0.2) is 0 Å². The molecule has 2 aromatic rings. The van der Waals surface area contributed by atoms with Crippen molar-refractivity contribution in [2.75, 3.05) is 32.7 Å².